The van der Waals surface area contributed by atoms with Crippen molar-refractivity contribution in [1.82, 2.24) is 30.6 Å². The van der Waals surface area contributed by atoms with Gasteiger partial charge in [-0.25, -0.2) is 32.4 Å². The summed E-state index contributed by atoms with van der Waals surface area (Å²) in [7, 11) is 0. The first-order valence-corrected chi connectivity index (χ1v) is 19.2. The second-order valence-electron chi connectivity index (χ2n) is 13.0. The van der Waals surface area contributed by atoms with Crippen LogP contribution in [0.4, 0.5) is 33.5 Å². The lowest BCUT2D eigenvalue weighted by Crippen LogP contribution is -2.15. The number of amides is 2. The van der Waals surface area contributed by atoms with E-state index < -0.39 is 46.2 Å². The molecule has 0 saturated heterocycles. The topological polar surface area (TPSA) is 143 Å². The molecule has 7 aromatic rings. The molecular weight excluding hydrogens is 779 g/mol. The van der Waals surface area contributed by atoms with Gasteiger partial charge in [-0.2, -0.15) is 5.21 Å². The van der Waals surface area contributed by atoms with E-state index in [-0.39, 0.29) is 0 Å². The molecule has 3 N–H and O–H groups in total. The third-order valence-electron chi connectivity index (χ3n) is 9.35. The van der Waals surface area contributed by atoms with Crippen molar-refractivity contribution in [1.29, 1.82) is 0 Å². The van der Waals surface area contributed by atoms with Crippen molar-refractivity contribution in [2.75, 3.05) is 10.6 Å². The molecule has 0 radical (unpaired) electrons. The number of H-pyrrole nitrogens is 1. The number of nitrogens with one attached hydrogen (secondary N) is 3. The second-order valence-corrected chi connectivity index (χ2v) is 15.0. The monoisotopic (exact) mass is 805 g/mol. The summed E-state index contributed by atoms with van der Waals surface area (Å²) in [6.07, 6.45) is 4.95. The number of hydrogen-bond acceptors (Lipinski definition) is 9. The summed E-state index contributed by atoms with van der Waals surface area (Å²) in [4.78, 5) is 39.0. The van der Waals surface area contributed by atoms with Crippen LogP contribution in [0.1, 0.15) is 56.1 Å². The van der Waals surface area contributed by atoms with Gasteiger partial charge >= 0.3 is 0 Å². The molecule has 284 valence electrons. The third-order valence-corrected chi connectivity index (χ3v) is 11.4. The Balaban J connectivity index is 0.000000161. The molecule has 0 spiro atoms. The predicted octanol–water partition coefficient (Wildman–Crippen LogP) is 9.39. The number of carbonyl (C=O) groups is 2. The maximum atomic E-state index is 13.9. The van der Waals surface area contributed by atoms with Crippen molar-refractivity contribution in [3.63, 3.8) is 0 Å². The molecule has 11 nitrogen and oxygen atoms in total. The first kappa shape index (κ1) is 37.3. The normalized spacial score (nSPS) is 12.6. The van der Waals surface area contributed by atoms with Gasteiger partial charge < -0.3 is 0 Å². The molecule has 3 aromatic heterocycles. The maximum absolute atomic E-state index is 13.9. The summed E-state index contributed by atoms with van der Waals surface area (Å²) in [6.45, 7) is 7.16. The van der Waals surface area contributed by atoms with Crippen LogP contribution in [0.25, 0.3) is 37.1 Å². The molecule has 0 saturated carbocycles. The molecule has 4 aromatic carbocycles. The number of benzene rings is 4. The number of aromatic amines is 1. The van der Waals surface area contributed by atoms with Crippen LogP contribution in [0, 0.1) is 29.8 Å². The van der Waals surface area contributed by atoms with Crippen LogP contribution in [0.15, 0.2) is 72.8 Å². The molecule has 17 heteroatoms. The highest BCUT2D eigenvalue weighted by atomic mass is 32.1. The average Bonchev–Trinajstić information content (AvgIpc) is 3.92. The largest absolute Gasteiger partial charge is 0.298 e. The van der Waals surface area contributed by atoms with E-state index in [4.69, 9.17) is 6.57 Å². The molecule has 0 unspecified atom stereocenters. The third kappa shape index (κ3) is 7.64. The van der Waals surface area contributed by atoms with Crippen LogP contribution >= 0.6 is 22.7 Å². The Hall–Kier alpha value is -6.64. The van der Waals surface area contributed by atoms with E-state index in [0.717, 1.165) is 112 Å². The fraction of sp³-hybridized carbons (Fsp3) is 0.150. The molecule has 2 aliphatic rings. The lowest BCUT2D eigenvalue weighted by molar-refractivity contribution is 0.101. The highest BCUT2D eigenvalue weighted by molar-refractivity contribution is 7.19. The molecule has 2 amide bonds. The fourth-order valence-corrected chi connectivity index (χ4v) is 8.87. The molecule has 3 heterocycles. The van der Waals surface area contributed by atoms with E-state index in [0.29, 0.717) is 21.8 Å². The van der Waals surface area contributed by atoms with Crippen LogP contribution in [-0.4, -0.2) is 42.4 Å². The minimum absolute atomic E-state index is 0.301. The van der Waals surface area contributed by atoms with Crippen molar-refractivity contribution < 1.29 is 27.2 Å². The Morgan fingerprint density at radius 1 is 0.684 bits per heavy atom. The number of thiazole rings is 2. The Kier molecular flexibility index (Phi) is 10.4. The molecule has 57 heavy (non-hydrogen) atoms. The van der Waals surface area contributed by atoms with Crippen LogP contribution < -0.4 is 10.6 Å². The summed E-state index contributed by atoms with van der Waals surface area (Å²) >= 11 is 2.57. The summed E-state index contributed by atoms with van der Waals surface area (Å²) < 4.78 is 55.4. The first-order chi connectivity index (χ1) is 27.7. The summed E-state index contributed by atoms with van der Waals surface area (Å²) in [5, 5.41) is 19.7. The van der Waals surface area contributed by atoms with Gasteiger partial charge in [0.25, 0.3) is 11.8 Å². The zero-order valence-corrected chi connectivity index (χ0v) is 31.1. The first-order valence-electron chi connectivity index (χ1n) is 17.5. The number of fused-ring (bicyclic) bond motifs is 6. The Morgan fingerprint density at radius 3 is 1.68 bits per heavy atom. The number of nitrogens with zero attached hydrogens (tertiary/aromatic N) is 6. The van der Waals surface area contributed by atoms with Gasteiger partial charge in [0.1, 0.15) is 34.4 Å². The molecule has 2 aliphatic carbocycles. The van der Waals surface area contributed by atoms with E-state index in [9.17, 15) is 27.2 Å². The van der Waals surface area contributed by atoms with Crippen molar-refractivity contribution in [3.8, 4) is 32.3 Å². The Labute approximate surface area is 329 Å². The fourth-order valence-electron chi connectivity index (χ4n) is 6.73. The number of tetrazole rings is 1. The molecule has 0 fully saturated rings. The van der Waals surface area contributed by atoms with Crippen molar-refractivity contribution in [2.45, 2.75) is 38.5 Å². The van der Waals surface area contributed by atoms with E-state index >= 15 is 0 Å². The summed E-state index contributed by atoms with van der Waals surface area (Å²) in [5.74, 6) is -4.85. The maximum Gasteiger partial charge on any atom is 0.263 e. The smallest absolute Gasteiger partial charge is 0.263 e. The average molecular weight is 806 g/mol. The second kappa shape index (κ2) is 15.8. The Morgan fingerprint density at radius 2 is 1.19 bits per heavy atom. The zero-order chi connectivity index (χ0) is 39.6. The minimum Gasteiger partial charge on any atom is -0.298 e. The number of aryl methyl sites for hydroxylation is 4. The highest BCUT2D eigenvalue weighted by Gasteiger charge is 2.25. The number of hydrogen-bond donors (Lipinski definition) is 3. The molecule has 0 aliphatic heterocycles. The van der Waals surface area contributed by atoms with E-state index in [1.165, 1.54) is 34.8 Å². The zero-order valence-electron chi connectivity index (χ0n) is 29.5. The van der Waals surface area contributed by atoms with Crippen molar-refractivity contribution in [3.05, 3.63) is 141 Å². The number of carbonyl (C=O) groups excluding carboxylic acids is 2. The molecule has 9 rings (SSSR count). The number of halogens is 4. The van der Waals surface area contributed by atoms with E-state index in [2.05, 4.69) is 46.1 Å². The van der Waals surface area contributed by atoms with Crippen LogP contribution in [0.3, 0.4) is 0 Å². The quantitative estimate of drug-likeness (QED) is 0.116. The van der Waals surface area contributed by atoms with Crippen LogP contribution in [0.2, 0.25) is 0 Å². The minimum atomic E-state index is -0.914. The van der Waals surface area contributed by atoms with Gasteiger partial charge in [0.2, 0.25) is 5.82 Å². The lowest BCUT2D eigenvalue weighted by atomic mass is 10.0. The SMILES string of the molecule is O=C(Nc1nc2c(s1)-c1ccc(-c3nn[nH]n3)cc1CCC2)c1c(F)cccc1F.[C-]#[N+]c1ccc2c(c1)CCCc1nc(NC(=O)c3c(F)cccc3F)sc1-2. The standard InChI is InChI=1S/C20H14F2N6OS.C20H13F2N3OS/c21-13-4-2-5-14(22)16(13)19(29)24-20-23-15-6-1-3-10-9-11(18-25-27-28-26-18)7-8-12(10)17(15)30-20;1-23-12-8-9-13-11(10-12)4-2-7-16-18(13)27-20(24-16)25-19(26)17-14(21)5-3-6-15(17)22/h2,4-5,7-9H,1,3,6H2,(H,23,24,29)(H,25,26,27,28);3,5-6,8-10H,2,4,7H2,(H,24,25,26). The van der Waals surface area contributed by atoms with Gasteiger partial charge in [-0.15, -0.1) is 10.2 Å². The molecule has 0 bridgehead atoms. The molecular formula is C40H27F4N9O2S2. The van der Waals surface area contributed by atoms with Gasteiger partial charge in [-0.1, -0.05) is 65.1 Å². The van der Waals surface area contributed by atoms with Gasteiger partial charge in [0.15, 0.2) is 16.0 Å². The van der Waals surface area contributed by atoms with E-state index in [1.54, 1.807) is 6.07 Å². The molecule has 0 atom stereocenters. The van der Waals surface area contributed by atoms with Gasteiger partial charge in [-0.05, 0) is 96.3 Å². The number of anilines is 2. The predicted molar refractivity (Wildman–Crippen MR) is 207 cm³/mol. The highest BCUT2D eigenvalue weighted by Crippen LogP contribution is 2.41. The van der Waals surface area contributed by atoms with Crippen molar-refractivity contribution >= 4 is 50.4 Å². The Bertz CT molecular complexity index is 2690. The summed E-state index contributed by atoms with van der Waals surface area (Å²) in [6, 6.07) is 18.1. The van der Waals surface area contributed by atoms with E-state index in [1.807, 2.05) is 30.3 Å². The summed E-state index contributed by atoms with van der Waals surface area (Å²) in [5.41, 5.74) is 6.12. The van der Waals surface area contributed by atoms with Crippen LogP contribution in [-0.2, 0) is 25.7 Å². The number of rotatable bonds is 5. The number of aromatic nitrogens is 6. The van der Waals surface area contributed by atoms with Gasteiger partial charge in [0.05, 0.1) is 27.7 Å². The van der Waals surface area contributed by atoms with Crippen LogP contribution in [0.5, 0.6) is 0 Å². The lowest BCUT2D eigenvalue weighted by Gasteiger charge is -2.07. The van der Waals surface area contributed by atoms with Crippen molar-refractivity contribution in [2.24, 2.45) is 0 Å². The van der Waals surface area contributed by atoms with Gasteiger partial charge in [0, 0.05) is 5.56 Å². The van der Waals surface area contributed by atoms with Gasteiger partial charge in [-0.3, -0.25) is 20.2 Å².